The maximum atomic E-state index is 13.7. The van der Waals surface area contributed by atoms with Crippen molar-refractivity contribution >= 4 is 16.9 Å². The van der Waals surface area contributed by atoms with E-state index < -0.39 is 23.6 Å². The van der Waals surface area contributed by atoms with Crippen molar-refractivity contribution in [3.8, 4) is 11.3 Å². The maximum absolute atomic E-state index is 13.7. The van der Waals surface area contributed by atoms with Crippen LogP contribution in [0, 0.1) is 17.8 Å². The third-order valence-electron chi connectivity index (χ3n) is 8.16. The SMILES string of the molecule is Cn1nc(C(C)(C)CC(O)N2CCCC3C(C(=O)O)CCCC32)c2c(-c3ccc(F)o3)cccc21. The summed E-state index contributed by atoms with van der Waals surface area (Å²) in [6.45, 7) is 4.91. The number of aliphatic hydroxyl groups excluding tert-OH is 1. The molecule has 188 valence electrons. The molecule has 3 heterocycles. The Morgan fingerprint density at radius 1 is 1.23 bits per heavy atom. The molecule has 8 heteroatoms. The van der Waals surface area contributed by atoms with Crippen LogP contribution in [0.15, 0.2) is 34.7 Å². The Kier molecular flexibility index (Phi) is 6.21. The molecule has 1 aliphatic carbocycles. The number of rotatable bonds is 6. The summed E-state index contributed by atoms with van der Waals surface area (Å²) in [5, 5.41) is 27.0. The first-order chi connectivity index (χ1) is 16.7. The predicted molar refractivity (Wildman–Crippen MR) is 130 cm³/mol. The minimum absolute atomic E-state index is 0.0869. The monoisotopic (exact) mass is 483 g/mol. The van der Waals surface area contributed by atoms with Gasteiger partial charge in [-0.25, -0.2) is 0 Å². The lowest BCUT2D eigenvalue weighted by molar-refractivity contribution is -0.151. The molecule has 2 fully saturated rings. The first-order valence-corrected chi connectivity index (χ1v) is 12.6. The highest BCUT2D eigenvalue weighted by Gasteiger charge is 2.44. The number of hydrogen-bond acceptors (Lipinski definition) is 5. The van der Waals surface area contributed by atoms with Crippen LogP contribution in [0.5, 0.6) is 0 Å². The number of likely N-dealkylation sites (tertiary alicyclic amines) is 1. The van der Waals surface area contributed by atoms with Gasteiger partial charge in [0.05, 0.1) is 17.1 Å². The number of aliphatic carboxylic acids is 1. The third-order valence-corrected chi connectivity index (χ3v) is 8.16. The number of benzene rings is 1. The average molecular weight is 484 g/mol. The Bertz CT molecular complexity index is 1230. The second-order valence-electron chi connectivity index (χ2n) is 10.8. The van der Waals surface area contributed by atoms with E-state index in [0.717, 1.165) is 60.8 Å². The summed E-state index contributed by atoms with van der Waals surface area (Å²) in [6.07, 6.45) is 4.05. The molecular weight excluding hydrogens is 449 g/mol. The molecule has 2 aliphatic rings. The molecule has 4 unspecified atom stereocenters. The minimum atomic E-state index is -0.712. The van der Waals surface area contributed by atoms with Crippen LogP contribution >= 0.6 is 0 Å². The van der Waals surface area contributed by atoms with Gasteiger partial charge in [0.1, 0.15) is 12.0 Å². The highest BCUT2D eigenvalue weighted by molar-refractivity contribution is 5.96. The smallest absolute Gasteiger partial charge is 0.306 e. The number of carboxylic acid groups (broad SMARTS) is 1. The summed E-state index contributed by atoms with van der Waals surface area (Å²) in [6, 6.07) is 8.17. The molecule has 4 atom stereocenters. The Morgan fingerprint density at radius 2 is 2.03 bits per heavy atom. The number of fused-ring (bicyclic) bond motifs is 2. The van der Waals surface area contributed by atoms with Gasteiger partial charge in [-0.05, 0) is 50.2 Å². The first kappa shape index (κ1) is 24.0. The Hall–Kier alpha value is -2.71. The van der Waals surface area contributed by atoms with Crippen LogP contribution < -0.4 is 0 Å². The molecule has 2 aromatic heterocycles. The zero-order valence-corrected chi connectivity index (χ0v) is 20.6. The van der Waals surface area contributed by atoms with E-state index in [4.69, 9.17) is 9.52 Å². The summed E-state index contributed by atoms with van der Waals surface area (Å²) < 4.78 is 20.8. The number of carboxylic acids is 1. The predicted octanol–water partition coefficient (Wildman–Crippen LogP) is 4.92. The minimum Gasteiger partial charge on any atom is -0.481 e. The van der Waals surface area contributed by atoms with Crippen LogP contribution in [0.3, 0.4) is 0 Å². The van der Waals surface area contributed by atoms with Crippen LogP contribution in [-0.4, -0.2) is 49.7 Å². The molecule has 2 N–H and O–H groups in total. The molecule has 7 nitrogen and oxygen atoms in total. The molecule has 1 saturated heterocycles. The number of piperidine rings is 1. The van der Waals surface area contributed by atoms with Gasteiger partial charge in [0.2, 0.25) is 0 Å². The van der Waals surface area contributed by atoms with Crippen LogP contribution in [0.1, 0.15) is 58.1 Å². The normalized spacial score (nSPS) is 24.4. The summed E-state index contributed by atoms with van der Waals surface area (Å²) in [4.78, 5) is 14.0. The van der Waals surface area contributed by atoms with E-state index in [1.54, 1.807) is 6.07 Å². The quantitative estimate of drug-likeness (QED) is 0.517. The van der Waals surface area contributed by atoms with Crippen LogP contribution in [-0.2, 0) is 17.3 Å². The van der Waals surface area contributed by atoms with Crippen molar-refractivity contribution in [2.45, 2.75) is 70.1 Å². The largest absolute Gasteiger partial charge is 0.481 e. The van der Waals surface area contributed by atoms with Crippen molar-refractivity contribution in [2.24, 2.45) is 18.9 Å². The Labute approximate surface area is 204 Å². The zero-order valence-electron chi connectivity index (χ0n) is 20.6. The number of aliphatic hydroxyl groups is 1. The van der Waals surface area contributed by atoms with E-state index in [0.29, 0.717) is 12.2 Å². The van der Waals surface area contributed by atoms with Gasteiger partial charge in [-0.1, -0.05) is 32.4 Å². The van der Waals surface area contributed by atoms with E-state index in [-0.39, 0.29) is 17.9 Å². The van der Waals surface area contributed by atoms with Crippen molar-refractivity contribution in [3.63, 3.8) is 0 Å². The first-order valence-electron chi connectivity index (χ1n) is 12.6. The van der Waals surface area contributed by atoms with Crippen LogP contribution in [0.4, 0.5) is 4.39 Å². The van der Waals surface area contributed by atoms with Crippen molar-refractivity contribution in [1.82, 2.24) is 14.7 Å². The molecule has 1 aromatic carbocycles. The van der Waals surface area contributed by atoms with Crippen molar-refractivity contribution in [3.05, 3.63) is 42.0 Å². The van der Waals surface area contributed by atoms with E-state index in [2.05, 4.69) is 18.7 Å². The molecule has 0 spiro atoms. The summed E-state index contributed by atoms with van der Waals surface area (Å²) in [5.74, 6) is -0.505. The molecule has 35 heavy (non-hydrogen) atoms. The number of carbonyl (C=O) groups is 1. The van der Waals surface area contributed by atoms with Gasteiger partial charge >= 0.3 is 5.97 Å². The molecule has 0 bridgehead atoms. The van der Waals surface area contributed by atoms with E-state index in [9.17, 15) is 19.4 Å². The fourth-order valence-corrected chi connectivity index (χ4v) is 6.52. The highest BCUT2D eigenvalue weighted by Crippen LogP contribution is 2.43. The molecule has 0 amide bonds. The van der Waals surface area contributed by atoms with Crippen LogP contribution in [0.2, 0.25) is 0 Å². The van der Waals surface area contributed by atoms with Gasteiger partial charge < -0.3 is 14.6 Å². The third kappa shape index (κ3) is 4.27. The number of aromatic nitrogens is 2. The van der Waals surface area contributed by atoms with Crippen molar-refractivity contribution < 1.29 is 23.8 Å². The number of aryl methyl sites for hydroxylation is 1. The molecular formula is C27H34FN3O4. The van der Waals surface area contributed by atoms with Gasteiger partial charge in [-0.2, -0.15) is 9.49 Å². The van der Waals surface area contributed by atoms with Gasteiger partial charge in [0, 0.05) is 42.1 Å². The summed E-state index contributed by atoms with van der Waals surface area (Å²) in [7, 11) is 1.88. The second kappa shape index (κ2) is 9.06. The summed E-state index contributed by atoms with van der Waals surface area (Å²) in [5.41, 5.74) is 1.99. The zero-order chi connectivity index (χ0) is 24.9. The van der Waals surface area contributed by atoms with Gasteiger partial charge in [-0.3, -0.25) is 14.4 Å². The Balaban J connectivity index is 1.46. The maximum Gasteiger partial charge on any atom is 0.306 e. The average Bonchev–Trinajstić information content (AvgIpc) is 3.41. The summed E-state index contributed by atoms with van der Waals surface area (Å²) >= 11 is 0. The molecule has 1 saturated carbocycles. The number of hydrogen-bond donors (Lipinski definition) is 2. The fraction of sp³-hybridized carbons (Fsp3) is 0.556. The molecule has 0 radical (unpaired) electrons. The lowest BCUT2D eigenvalue weighted by atomic mass is 9.70. The molecule has 5 rings (SSSR count). The van der Waals surface area contributed by atoms with Gasteiger partial charge in [0.15, 0.2) is 0 Å². The molecule has 3 aromatic rings. The number of furan rings is 1. The highest BCUT2D eigenvalue weighted by atomic mass is 19.1. The lowest BCUT2D eigenvalue weighted by Gasteiger charge is -2.49. The number of nitrogens with zero attached hydrogens (tertiary/aromatic N) is 3. The molecule has 1 aliphatic heterocycles. The van der Waals surface area contributed by atoms with E-state index >= 15 is 0 Å². The lowest BCUT2D eigenvalue weighted by Crippen LogP contribution is -2.55. The number of halogens is 1. The van der Waals surface area contributed by atoms with Crippen molar-refractivity contribution in [1.29, 1.82) is 0 Å². The second-order valence-corrected chi connectivity index (χ2v) is 10.8. The Morgan fingerprint density at radius 3 is 2.74 bits per heavy atom. The van der Waals surface area contributed by atoms with E-state index in [1.165, 1.54) is 6.07 Å². The standard InChI is InChI=1S/C27H34FN3O4/c1-27(2,15-23(32)31-14-6-9-16-17(26(33)34)7-4-10-19(16)31)25-24-18(21-12-13-22(28)35-21)8-5-11-20(24)30(3)29-25/h5,8,11-13,16-17,19,23,32H,4,6-7,9-10,14-15H2,1-3H3,(H,33,34). The van der Waals surface area contributed by atoms with E-state index in [1.807, 2.05) is 29.9 Å². The topological polar surface area (TPSA) is 91.7 Å². The van der Waals surface area contributed by atoms with Gasteiger partial charge in [0.25, 0.3) is 6.01 Å². The fourth-order valence-electron chi connectivity index (χ4n) is 6.52. The van der Waals surface area contributed by atoms with Crippen LogP contribution in [0.25, 0.3) is 22.2 Å². The van der Waals surface area contributed by atoms with Gasteiger partial charge in [-0.15, -0.1) is 0 Å². The van der Waals surface area contributed by atoms with Crippen molar-refractivity contribution in [2.75, 3.05) is 6.54 Å².